The molecule has 0 aliphatic rings. The fourth-order valence-electron chi connectivity index (χ4n) is 1.03. The van der Waals surface area contributed by atoms with E-state index >= 15 is 0 Å². The van der Waals surface area contributed by atoms with E-state index in [4.69, 9.17) is 16.7 Å². The van der Waals surface area contributed by atoms with Crippen molar-refractivity contribution in [2.45, 2.75) is 4.90 Å². The minimum atomic E-state index is -3.72. The predicted octanol–water partition coefficient (Wildman–Crippen LogP) is -0.359. The second kappa shape index (κ2) is 4.96. The SMILES string of the molecule is CN(CCO)S(=O)(=O)c1c[nH]c(=O)c(Cl)c1. The highest BCUT2D eigenvalue weighted by atomic mass is 35.5. The summed E-state index contributed by atoms with van der Waals surface area (Å²) in [6, 6.07) is 1.07. The standard InChI is InChI=1S/C8H11ClN2O4S/c1-11(2-3-12)16(14,15)6-4-7(9)8(13)10-5-6/h4-5,12H,2-3H2,1H3,(H,10,13). The molecule has 0 saturated heterocycles. The Hall–Kier alpha value is -0.890. The monoisotopic (exact) mass is 266 g/mol. The summed E-state index contributed by atoms with van der Waals surface area (Å²) in [4.78, 5) is 13.1. The van der Waals surface area contributed by atoms with Crippen LogP contribution in [-0.2, 0) is 10.0 Å². The van der Waals surface area contributed by atoms with E-state index in [1.54, 1.807) is 0 Å². The molecule has 0 atom stereocenters. The van der Waals surface area contributed by atoms with Gasteiger partial charge in [-0.15, -0.1) is 0 Å². The highest BCUT2D eigenvalue weighted by Gasteiger charge is 2.21. The largest absolute Gasteiger partial charge is 0.395 e. The van der Waals surface area contributed by atoms with Crippen molar-refractivity contribution >= 4 is 21.6 Å². The van der Waals surface area contributed by atoms with Crippen LogP contribution in [0, 0.1) is 0 Å². The van der Waals surface area contributed by atoms with E-state index in [1.807, 2.05) is 0 Å². The van der Waals surface area contributed by atoms with Gasteiger partial charge in [-0.3, -0.25) is 4.79 Å². The Morgan fingerprint density at radius 3 is 2.69 bits per heavy atom. The summed E-state index contributed by atoms with van der Waals surface area (Å²) in [5.41, 5.74) is -0.551. The number of aliphatic hydroxyl groups excluding tert-OH is 1. The molecule has 16 heavy (non-hydrogen) atoms. The molecule has 0 amide bonds. The van der Waals surface area contributed by atoms with Crippen LogP contribution < -0.4 is 5.56 Å². The number of nitrogens with one attached hydrogen (secondary N) is 1. The lowest BCUT2D eigenvalue weighted by atomic mass is 10.5. The topological polar surface area (TPSA) is 90.5 Å². The van der Waals surface area contributed by atoms with Gasteiger partial charge in [0.1, 0.15) is 5.02 Å². The number of nitrogens with zero attached hydrogens (tertiary/aromatic N) is 1. The number of hydrogen-bond donors (Lipinski definition) is 2. The molecule has 1 rings (SSSR count). The Labute approximate surface area is 97.5 Å². The van der Waals surface area contributed by atoms with Gasteiger partial charge in [0.05, 0.1) is 11.5 Å². The number of halogens is 1. The molecule has 0 aliphatic heterocycles. The first-order chi connectivity index (χ1) is 7.39. The lowest BCUT2D eigenvalue weighted by Gasteiger charge is -2.15. The fourth-order valence-corrected chi connectivity index (χ4v) is 2.42. The maximum Gasteiger partial charge on any atom is 0.266 e. The lowest BCUT2D eigenvalue weighted by molar-refractivity contribution is 0.266. The second-order valence-corrected chi connectivity index (χ2v) is 5.51. The minimum absolute atomic E-state index is 0.0287. The molecule has 1 heterocycles. The first-order valence-electron chi connectivity index (χ1n) is 4.35. The fraction of sp³-hybridized carbons (Fsp3) is 0.375. The maximum absolute atomic E-state index is 11.8. The van der Waals surface area contributed by atoms with Gasteiger partial charge in [0.2, 0.25) is 10.0 Å². The summed E-state index contributed by atoms with van der Waals surface area (Å²) in [5.74, 6) is 0. The van der Waals surface area contributed by atoms with Gasteiger partial charge < -0.3 is 10.1 Å². The van der Waals surface area contributed by atoms with Crippen molar-refractivity contribution in [1.82, 2.24) is 9.29 Å². The van der Waals surface area contributed by atoms with Gasteiger partial charge in [0.15, 0.2) is 0 Å². The summed E-state index contributed by atoms with van der Waals surface area (Å²) in [6.07, 6.45) is 1.07. The molecule has 0 radical (unpaired) electrons. The van der Waals surface area contributed by atoms with Gasteiger partial charge in [-0.05, 0) is 6.07 Å². The summed E-state index contributed by atoms with van der Waals surface area (Å²) in [7, 11) is -2.40. The minimum Gasteiger partial charge on any atom is -0.395 e. The Kier molecular flexibility index (Phi) is 4.09. The normalized spacial score (nSPS) is 12.0. The molecule has 0 spiro atoms. The van der Waals surface area contributed by atoms with Crippen molar-refractivity contribution in [3.63, 3.8) is 0 Å². The van der Waals surface area contributed by atoms with Crippen LogP contribution in [0.5, 0.6) is 0 Å². The average Bonchev–Trinajstić information content (AvgIpc) is 2.22. The van der Waals surface area contributed by atoms with E-state index in [1.165, 1.54) is 7.05 Å². The Bertz CT molecular complexity index is 525. The van der Waals surface area contributed by atoms with Crippen LogP contribution >= 0.6 is 11.6 Å². The summed E-state index contributed by atoms with van der Waals surface area (Å²) in [5, 5.41) is 8.46. The molecule has 0 unspecified atom stereocenters. The molecule has 0 saturated carbocycles. The number of rotatable bonds is 4. The molecule has 90 valence electrons. The Morgan fingerprint density at radius 2 is 2.19 bits per heavy atom. The quantitative estimate of drug-likeness (QED) is 0.779. The van der Waals surface area contributed by atoms with E-state index < -0.39 is 15.6 Å². The van der Waals surface area contributed by atoms with Crippen molar-refractivity contribution in [2.75, 3.05) is 20.2 Å². The van der Waals surface area contributed by atoms with Crippen molar-refractivity contribution in [2.24, 2.45) is 0 Å². The van der Waals surface area contributed by atoms with Crippen LogP contribution in [0.1, 0.15) is 0 Å². The molecule has 1 aromatic heterocycles. The van der Waals surface area contributed by atoms with E-state index in [9.17, 15) is 13.2 Å². The lowest BCUT2D eigenvalue weighted by Crippen LogP contribution is -2.30. The van der Waals surface area contributed by atoms with Crippen LogP contribution in [-0.4, -0.2) is 43.0 Å². The molecular weight excluding hydrogens is 256 g/mol. The smallest absolute Gasteiger partial charge is 0.266 e. The molecule has 6 nitrogen and oxygen atoms in total. The average molecular weight is 267 g/mol. The predicted molar refractivity (Wildman–Crippen MR) is 59.0 cm³/mol. The zero-order valence-electron chi connectivity index (χ0n) is 8.47. The van der Waals surface area contributed by atoms with E-state index in [2.05, 4.69) is 4.98 Å². The zero-order valence-corrected chi connectivity index (χ0v) is 10.0. The van der Waals surface area contributed by atoms with Gasteiger partial charge in [-0.1, -0.05) is 11.6 Å². The van der Waals surface area contributed by atoms with Crippen LogP contribution in [0.15, 0.2) is 22.0 Å². The summed E-state index contributed by atoms with van der Waals surface area (Å²) in [6.45, 7) is -0.314. The van der Waals surface area contributed by atoms with Crippen LogP contribution in [0.4, 0.5) is 0 Å². The number of hydrogen-bond acceptors (Lipinski definition) is 4. The van der Waals surface area contributed by atoms with E-state index in [0.29, 0.717) is 0 Å². The van der Waals surface area contributed by atoms with Gasteiger partial charge in [0.25, 0.3) is 5.56 Å². The molecular formula is C8H11ClN2O4S. The van der Waals surface area contributed by atoms with Gasteiger partial charge in [0, 0.05) is 19.8 Å². The highest BCUT2D eigenvalue weighted by Crippen LogP contribution is 2.14. The number of aromatic nitrogens is 1. The third-order valence-corrected chi connectivity index (χ3v) is 4.07. The van der Waals surface area contributed by atoms with Crippen molar-refractivity contribution < 1.29 is 13.5 Å². The number of sulfonamides is 1. The van der Waals surface area contributed by atoms with Gasteiger partial charge in [-0.25, -0.2) is 8.42 Å². The molecule has 1 aromatic rings. The number of aliphatic hydroxyl groups is 1. The van der Waals surface area contributed by atoms with Crippen molar-refractivity contribution in [3.05, 3.63) is 27.6 Å². The van der Waals surface area contributed by atoms with E-state index in [0.717, 1.165) is 16.6 Å². The highest BCUT2D eigenvalue weighted by molar-refractivity contribution is 7.89. The van der Waals surface area contributed by atoms with Gasteiger partial charge >= 0.3 is 0 Å². The van der Waals surface area contributed by atoms with Crippen molar-refractivity contribution in [1.29, 1.82) is 0 Å². The Morgan fingerprint density at radius 1 is 1.56 bits per heavy atom. The van der Waals surface area contributed by atoms with E-state index in [-0.39, 0.29) is 23.1 Å². The molecule has 0 fully saturated rings. The first kappa shape index (κ1) is 13.2. The Balaban J connectivity index is 3.17. The summed E-state index contributed by atoms with van der Waals surface area (Å²) >= 11 is 5.53. The molecule has 8 heteroatoms. The number of H-pyrrole nitrogens is 1. The first-order valence-corrected chi connectivity index (χ1v) is 6.17. The molecule has 0 aromatic carbocycles. The van der Waals surface area contributed by atoms with Crippen LogP contribution in [0.2, 0.25) is 5.02 Å². The third kappa shape index (κ3) is 2.62. The second-order valence-electron chi connectivity index (χ2n) is 3.06. The molecule has 2 N–H and O–H groups in total. The zero-order chi connectivity index (χ0) is 12.3. The number of pyridine rings is 1. The maximum atomic E-state index is 11.8. The number of likely N-dealkylation sites (N-methyl/N-ethyl adjacent to an activating group) is 1. The third-order valence-electron chi connectivity index (χ3n) is 1.95. The summed E-state index contributed by atoms with van der Waals surface area (Å²) < 4.78 is 24.6. The van der Waals surface area contributed by atoms with Crippen molar-refractivity contribution in [3.8, 4) is 0 Å². The van der Waals surface area contributed by atoms with Crippen LogP contribution in [0.25, 0.3) is 0 Å². The number of aromatic amines is 1. The van der Waals surface area contributed by atoms with Crippen LogP contribution in [0.3, 0.4) is 0 Å². The molecule has 0 bridgehead atoms. The van der Waals surface area contributed by atoms with Gasteiger partial charge in [-0.2, -0.15) is 4.31 Å². The molecule has 0 aliphatic carbocycles.